The number of carbonyl (C=O) groups is 2. The van der Waals surface area contributed by atoms with E-state index in [9.17, 15) is 9.59 Å². The van der Waals surface area contributed by atoms with Crippen LogP contribution in [-0.4, -0.2) is 33.0 Å². The van der Waals surface area contributed by atoms with Crippen molar-refractivity contribution in [3.63, 3.8) is 0 Å². The van der Waals surface area contributed by atoms with Crippen LogP contribution >= 0.6 is 0 Å². The number of carboxylic acid groups (broad SMARTS) is 1. The zero-order valence-electron chi connectivity index (χ0n) is 10.7. The van der Waals surface area contributed by atoms with Crippen LogP contribution in [0, 0.1) is 13.8 Å². The van der Waals surface area contributed by atoms with E-state index in [1.54, 1.807) is 13.8 Å². The number of aromatic nitrogens is 2. The highest BCUT2D eigenvalue weighted by Crippen LogP contribution is 2.03. The third-order valence-electron chi connectivity index (χ3n) is 2.38. The summed E-state index contributed by atoms with van der Waals surface area (Å²) in [7, 11) is 0. The SMILES string of the molecule is CCCC(NC(=O)c1cc(C)nc(C)n1)C(=O)O. The smallest absolute Gasteiger partial charge is 0.326 e. The standard InChI is InChI=1S/C12H17N3O3/c1-4-5-9(12(17)18)15-11(16)10-6-7(2)13-8(3)14-10/h6,9H,4-5H2,1-3H3,(H,15,16)(H,17,18). The fourth-order valence-electron chi connectivity index (χ4n) is 1.61. The molecule has 98 valence electrons. The summed E-state index contributed by atoms with van der Waals surface area (Å²) < 4.78 is 0. The van der Waals surface area contributed by atoms with Crippen molar-refractivity contribution in [1.29, 1.82) is 0 Å². The Labute approximate surface area is 105 Å². The van der Waals surface area contributed by atoms with E-state index in [2.05, 4.69) is 15.3 Å². The minimum absolute atomic E-state index is 0.197. The zero-order valence-corrected chi connectivity index (χ0v) is 10.7. The van der Waals surface area contributed by atoms with Gasteiger partial charge >= 0.3 is 5.97 Å². The molecule has 0 radical (unpaired) electrons. The van der Waals surface area contributed by atoms with Gasteiger partial charge in [-0.25, -0.2) is 14.8 Å². The van der Waals surface area contributed by atoms with Crippen LogP contribution in [0.5, 0.6) is 0 Å². The Balaban J connectivity index is 2.83. The van der Waals surface area contributed by atoms with Gasteiger partial charge in [0, 0.05) is 5.69 Å². The van der Waals surface area contributed by atoms with E-state index >= 15 is 0 Å². The Kier molecular flexibility index (Phi) is 4.76. The van der Waals surface area contributed by atoms with E-state index in [0.29, 0.717) is 24.4 Å². The maximum absolute atomic E-state index is 11.9. The molecule has 1 unspecified atom stereocenters. The first kappa shape index (κ1) is 14.1. The molecule has 1 rings (SSSR count). The highest BCUT2D eigenvalue weighted by Gasteiger charge is 2.20. The van der Waals surface area contributed by atoms with Gasteiger partial charge in [-0.2, -0.15) is 0 Å². The molecule has 1 heterocycles. The lowest BCUT2D eigenvalue weighted by Crippen LogP contribution is -2.41. The van der Waals surface area contributed by atoms with Crippen LogP contribution in [0.1, 0.15) is 41.8 Å². The van der Waals surface area contributed by atoms with Gasteiger partial charge in [-0.3, -0.25) is 4.79 Å². The van der Waals surface area contributed by atoms with E-state index in [1.807, 2.05) is 6.92 Å². The summed E-state index contributed by atoms with van der Waals surface area (Å²) in [4.78, 5) is 30.9. The number of hydrogen-bond acceptors (Lipinski definition) is 4. The van der Waals surface area contributed by atoms with Crippen LogP contribution in [0.25, 0.3) is 0 Å². The van der Waals surface area contributed by atoms with E-state index in [4.69, 9.17) is 5.11 Å². The summed E-state index contributed by atoms with van der Waals surface area (Å²) in [5, 5.41) is 11.4. The van der Waals surface area contributed by atoms with Crippen LogP contribution in [-0.2, 0) is 4.79 Å². The summed E-state index contributed by atoms with van der Waals surface area (Å²) in [5.41, 5.74) is 0.873. The molecule has 1 atom stereocenters. The monoisotopic (exact) mass is 251 g/mol. The molecule has 0 aliphatic rings. The average Bonchev–Trinajstić information content (AvgIpc) is 2.26. The average molecular weight is 251 g/mol. The van der Waals surface area contributed by atoms with Gasteiger partial charge in [0.05, 0.1) is 0 Å². The van der Waals surface area contributed by atoms with Crippen molar-refractivity contribution in [1.82, 2.24) is 15.3 Å². The third-order valence-corrected chi connectivity index (χ3v) is 2.38. The van der Waals surface area contributed by atoms with Crippen LogP contribution in [0.15, 0.2) is 6.07 Å². The highest BCUT2D eigenvalue weighted by molar-refractivity contribution is 5.95. The lowest BCUT2D eigenvalue weighted by molar-refractivity contribution is -0.139. The van der Waals surface area contributed by atoms with E-state index in [0.717, 1.165) is 0 Å². The molecule has 0 aliphatic heterocycles. The fourth-order valence-corrected chi connectivity index (χ4v) is 1.61. The maximum Gasteiger partial charge on any atom is 0.326 e. The highest BCUT2D eigenvalue weighted by atomic mass is 16.4. The molecule has 0 saturated heterocycles. The van der Waals surface area contributed by atoms with E-state index < -0.39 is 17.9 Å². The summed E-state index contributed by atoms with van der Waals surface area (Å²) in [6, 6.07) is 0.658. The first-order valence-corrected chi connectivity index (χ1v) is 5.80. The van der Waals surface area contributed by atoms with Gasteiger partial charge in [-0.05, 0) is 26.3 Å². The van der Waals surface area contributed by atoms with Crippen molar-refractivity contribution >= 4 is 11.9 Å². The first-order chi connectivity index (χ1) is 8.43. The lowest BCUT2D eigenvalue weighted by atomic mass is 10.1. The molecule has 6 heteroatoms. The molecule has 2 N–H and O–H groups in total. The molecule has 0 fully saturated rings. The van der Waals surface area contributed by atoms with E-state index in [-0.39, 0.29) is 5.69 Å². The van der Waals surface area contributed by atoms with Gasteiger partial charge in [0.2, 0.25) is 0 Å². The first-order valence-electron chi connectivity index (χ1n) is 5.80. The van der Waals surface area contributed by atoms with Crippen molar-refractivity contribution in [2.45, 2.75) is 39.7 Å². The Morgan fingerprint density at radius 1 is 1.39 bits per heavy atom. The Morgan fingerprint density at radius 3 is 2.56 bits per heavy atom. The largest absolute Gasteiger partial charge is 0.480 e. The summed E-state index contributed by atoms with van der Waals surface area (Å²) >= 11 is 0. The number of aliphatic carboxylic acids is 1. The Hall–Kier alpha value is -1.98. The van der Waals surface area contributed by atoms with Crippen LogP contribution in [0.2, 0.25) is 0 Å². The second-order valence-electron chi connectivity index (χ2n) is 4.09. The zero-order chi connectivity index (χ0) is 13.7. The van der Waals surface area contributed by atoms with E-state index in [1.165, 1.54) is 6.07 Å². The fraction of sp³-hybridized carbons (Fsp3) is 0.500. The molecule has 1 aromatic heterocycles. The maximum atomic E-state index is 11.9. The number of carboxylic acids is 1. The molecule has 1 amide bonds. The van der Waals surface area contributed by atoms with Crippen molar-refractivity contribution in [2.75, 3.05) is 0 Å². The summed E-state index contributed by atoms with van der Waals surface area (Å²) in [6.07, 6.45) is 1.07. The van der Waals surface area contributed by atoms with Gasteiger partial charge in [0.25, 0.3) is 5.91 Å². The Bertz CT molecular complexity index is 440. The quantitative estimate of drug-likeness (QED) is 0.816. The van der Waals surface area contributed by atoms with Crippen LogP contribution in [0.3, 0.4) is 0 Å². The van der Waals surface area contributed by atoms with Gasteiger partial charge in [-0.1, -0.05) is 13.3 Å². The van der Waals surface area contributed by atoms with Gasteiger partial charge in [0.1, 0.15) is 17.6 Å². The van der Waals surface area contributed by atoms with Gasteiger partial charge < -0.3 is 10.4 Å². The third kappa shape index (κ3) is 3.80. The predicted molar refractivity (Wildman–Crippen MR) is 65.3 cm³/mol. The molecule has 0 aromatic carbocycles. The van der Waals surface area contributed by atoms with Crippen molar-refractivity contribution in [3.05, 3.63) is 23.3 Å². The lowest BCUT2D eigenvalue weighted by Gasteiger charge is -2.13. The minimum Gasteiger partial charge on any atom is -0.480 e. The number of rotatable bonds is 5. The molecule has 0 saturated carbocycles. The molecule has 0 bridgehead atoms. The second-order valence-corrected chi connectivity index (χ2v) is 4.09. The summed E-state index contributed by atoms with van der Waals surface area (Å²) in [5.74, 6) is -1.03. The topological polar surface area (TPSA) is 92.2 Å². The van der Waals surface area contributed by atoms with Crippen LogP contribution < -0.4 is 5.32 Å². The van der Waals surface area contributed by atoms with Gasteiger partial charge in [0.15, 0.2) is 0 Å². The van der Waals surface area contributed by atoms with Crippen molar-refractivity contribution < 1.29 is 14.7 Å². The molecular weight excluding hydrogens is 234 g/mol. The minimum atomic E-state index is -1.03. The second kappa shape index (κ2) is 6.09. The van der Waals surface area contributed by atoms with Gasteiger partial charge in [-0.15, -0.1) is 0 Å². The normalized spacial score (nSPS) is 11.9. The summed E-state index contributed by atoms with van der Waals surface area (Å²) in [6.45, 7) is 5.30. The number of nitrogens with zero attached hydrogens (tertiary/aromatic N) is 2. The molecule has 6 nitrogen and oxygen atoms in total. The number of aryl methyl sites for hydroxylation is 2. The number of hydrogen-bond donors (Lipinski definition) is 2. The van der Waals surface area contributed by atoms with Crippen LogP contribution in [0.4, 0.5) is 0 Å². The molecule has 18 heavy (non-hydrogen) atoms. The molecular formula is C12H17N3O3. The molecule has 0 aliphatic carbocycles. The molecule has 1 aromatic rings. The Morgan fingerprint density at radius 2 is 2.06 bits per heavy atom. The van der Waals surface area contributed by atoms with Crippen molar-refractivity contribution in [3.8, 4) is 0 Å². The van der Waals surface area contributed by atoms with Crippen molar-refractivity contribution in [2.24, 2.45) is 0 Å². The number of amides is 1. The number of nitrogens with one attached hydrogen (secondary N) is 1. The number of carbonyl (C=O) groups excluding carboxylic acids is 1. The molecule has 0 spiro atoms. The predicted octanol–water partition coefficient (Wildman–Crippen LogP) is 1.08.